The van der Waals surface area contributed by atoms with Gasteiger partial charge in [0.2, 0.25) is 0 Å². The highest BCUT2D eigenvalue weighted by molar-refractivity contribution is 5.91. The maximum atomic E-state index is 11.0. The third kappa shape index (κ3) is 4.57. The van der Waals surface area contributed by atoms with E-state index < -0.39 is 10.9 Å². The largest absolute Gasteiger partial charge is 0.493 e. The molecular formula is C13H17NO5. The minimum absolute atomic E-state index is 0.168. The molecule has 0 aliphatic rings. The Balaban J connectivity index is 2.77. The number of rotatable bonds is 7. The number of nitrogens with zero attached hydrogens (tertiary/aromatic N) is 1. The summed E-state index contributed by atoms with van der Waals surface area (Å²) in [6.45, 7) is 4.58. The Morgan fingerprint density at radius 1 is 1.47 bits per heavy atom. The van der Waals surface area contributed by atoms with Crippen molar-refractivity contribution in [3.05, 3.63) is 33.9 Å². The summed E-state index contributed by atoms with van der Waals surface area (Å²) < 4.78 is 5.38. The van der Waals surface area contributed by atoms with Gasteiger partial charge in [-0.1, -0.05) is 13.8 Å². The molecule has 1 rings (SSSR count). The van der Waals surface area contributed by atoms with Gasteiger partial charge in [0.15, 0.2) is 0 Å². The number of nitro groups is 1. The topological polar surface area (TPSA) is 89.7 Å². The molecule has 0 saturated carbocycles. The molecule has 0 saturated heterocycles. The highest BCUT2D eigenvalue weighted by Crippen LogP contribution is 2.24. The van der Waals surface area contributed by atoms with Crippen molar-refractivity contribution in [2.45, 2.75) is 26.7 Å². The summed E-state index contributed by atoms with van der Waals surface area (Å²) in [7, 11) is 0. The van der Waals surface area contributed by atoms with Crippen molar-refractivity contribution in [2.75, 3.05) is 6.61 Å². The summed E-state index contributed by atoms with van der Waals surface area (Å²) in [5.41, 5.74) is -0.439. The summed E-state index contributed by atoms with van der Waals surface area (Å²) in [5, 5.41) is 19.6. The van der Waals surface area contributed by atoms with Gasteiger partial charge in [-0.2, -0.15) is 0 Å². The van der Waals surface area contributed by atoms with E-state index in [1.165, 1.54) is 12.1 Å². The Kier molecular flexibility index (Phi) is 5.29. The van der Waals surface area contributed by atoms with Crippen molar-refractivity contribution in [3.8, 4) is 5.75 Å². The normalized spacial score (nSPS) is 10.5. The average Bonchev–Trinajstić information content (AvgIpc) is 2.34. The number of nitro benzene ring substituents is 1. The van der Waals surface area contributed by atoms with Crippen LogP contribution in [-0.2, 0) is 0 Å². The lowest BCUT2D eigenvalue weighted by molar-refractivity contribution is -0.384. The predicted octanol–water partition coefficient (Wildman–Crippen LogP) is 3.11. The quantitative estimate of drug-likeness (QED) is 0.465. The fraction of sp³-hybridized carbons (Fsp3) is 0.462. The first kappa shape index (κ1) is 14.9. The molecule has 0 bridgehead atoms. The summed E-state index contributed by atoms with van der Waals surface area (Å²) >= 11 is 0. The highest BCUT2D eigenvalue weighted by Gasteiger charge is 2.16. The first-order chi connectivity index (χ1) is 8.91. The summed E-state index contributed by atoms with van der Waals surface area (Å²) in [5.74, 6) is -0.510. The van der Waals surface area contributed by atoms with Crippen LogP contribution in [0.3, 0.4) is 0 Å². The van der Waals surface area contributed by atoms with Gasteiger partial charge in [-0.3, -0.25) is 10.1 Å². The van der Waals surface area contributed by atoms with Crippen LogP contribution in [0.2, 0.25) is 0 Å². The number of ether oxygens (including phenoxy) is 1. The predicted molar refractivity (Wildman–Crippen MR) is 69.6 cm³/mol. The molecule has 0 amide bonds. The number of hydrogen-bond donors (Lipinski definition) is 1. The Labute approximate surface area is 111 Å². The minimum atomic E-state index is -1.23. The van der Waals surface area contributed by atoms with Gasteiger partial charge in [-0.25, -0.2) is 4.79 Å². The van der Waals surface area contributed by atoms with E-state index in [2.05, 4.69) is 13.8 Å². The standard InChI is InChI=1S/C13H17NO5/c1-9(2)4-3-7-19-12-6-5-10(14(17)18)8-11(12)13(15)16/h5-6,8-9H,3-4,7H2,1-2H3,(H,15,16). The monoisotopic (exact) mass is 267 g/mol. The molecule has 1 aromatic rings. The third-order valence-corrected chi connectivity index (χ3v) is 2.59. The number of benzene rings is 1. The van der Waals surface area contributed by atoms with E-state index in [0.717, 1.165) is 18.9 Å². The van der Waals surface area contributed by atoms with Crippen molar-refractivity contribution in [1.29, 1.82) is 0 Å². The van der Waals surface area contributed by atoms with Crippen molar-refractivity contribution in [2.24, 2.45) is 5.92 Å². The van der Waals surface area contributed by atoms with Gasteiger partial charge in [0.25, 0.3) is 5.69 Å². The molecule has 0 heterocycles. The fourth-order valence-electron chi connectivity index (χ4n) is 1.60. The zero-order chi connectivity index (χ0) is 14.4. The lowest BCUT2D eigenvalue weighted by atomic mass is 10.1. The SMILES string of the molecule is CC(C)CCCOc1ccc([N+](=O)[O-])cc1C(=O)O. The van der Waals surface area contributed by atoms with E-state index in [4.69, 9.17) is 9.84 Å². The second-order valence-electron chi connectivity index (χ2n) is 4.63. The molecule has 0 radical (unpaired) electrons. The van der Waals surface area contributed by atoms with Gasteiger partial charge in [0.1, 0.15) is 11.3 Å². The first-order valence-electron chi connectivity index (χ1n) is 6.06. The van der Waals surface area contributed by atoms with Gasteiger partial charge in [0.05, 0.1) is 11.5 Å². The zero-order valence-corrected chi connectivity index (χ0v) is 11.0. The van der Waals surface area contributed by atoms with Crippen LogP contribution in [0.5, 0.6) is 5.75 Å². The molecule has 0 aliphatic heterocycles. The lowest BCUT2D eigenvalue weighted by Crippen LogP contribution is -2.06. The van der Waals surface area contributed by atoms with Crippen LogP contribution in [0.25, 0.3) is 0 Å². The number of carboxylic acid groups (broad SMARTS) is 1. The Morgan fingerprint density at radius 2 is 2.16 bits per heavy atom. The molecule has 0 aliphatic carbocycles. The van der Waals surface area contributed by atoms with E-state index >= 15 is 0 Å². The second kappa shape index (κ2) is 6.72. The minimum Gasteiger partial charge on any atom is -0.493 e. The Morgan fingerprint density at radius 3 is 2.68 bits per heavy atom. The molecule has 0 fully saturated rings. The van der Waals surface area contributed by atoms with Crippen LogP contribution in [0, 0.1) is 16.0 Å². The van der Waals surface area contributed by atoms with Gasteiger partial charge in [-0.15, -0.1) is 0 Å². The molecule has 6 nitrogen and oxygen atoms in total. The molecule has 6 heteroatoms. The number of carbonyl (C=O) groups is 1. The van der Waals surface area contributed by atoms with Crippen molar-refractivity contribution in [1.82, 2.24) is 0 Å². The molecule has 0 spiro atoms. The van der Waals surface area contributed by atoms with Crippen LogP contribution in [0.15, 0.2) is 18.2 Å². The van der Waals surface area contributed by atoms with Crippen LogP contribution < -0.4 is 4.74 Å². The van der Waals surface area contributed by atoms with Gasteiger partial charge in [-0.05, 0) is 24.8 Å². The smallest absolute Gasteiger partial charge is 0.339 e. The first-order valence-corrected chi connectivity index (χ1v) is 6.06. The van der Waals surface area contributed by atoms with E-state index in [1.54, 1.807) is 0 Å². The van der Waals surface area contributed by atoms with E-state index in [0.29, 0.717) is 12.5 Å². The highest BCUT2D eigenvalue weighted by atomic mass is 16.6. The van der Waals surface area contributed by atoms with Crippen LogP contribution in [-0.4, -0.2) is 22.6 Å². The average molecular weight is 267 g/mol. The number of aromatic carboxylic acids is 1. The number of non-ortho nitro benzene ring substituents is 1. The maximum absolute atomic E-state index is 11.0. The Hall–Kier alpha value is -2.11. The second-order valence-corrected chi connectivity index (χ2v) is 4.63. The fourth-order valence-corrected chi connectivity index (χ4v) is 1.60. The molecule has 1 aromatic carbocycles. The third-order valence-electron chi connectivity index (χ3n) is 2.59. The van der Waals surface area contributed by atoms with E-state index in [1.807, 2.05) is 0 Å². The van der Waals surface area contributed by atoms with Crippen LogP contribution >= 0.6 is 0 Å². The van der Waals surface area contributed by atoms with E-state index in [-0.39, 0.29) is 17.0 Å². The van der Waals surface area contributed by atoms with Crippen molar-refractivity contribution < 1.29 is 19.6 Å². The van der Waals surface area contributed by atoms with Crippen molar-refractivity contribution >= 4 is 11.7 Å². The van der Waals surface area contributed by atoms with Gasteiger partial charge >= 0.3 is 5.97 Å². The molecule has 19 heavy (non-hydrogen) atoms. The maximum Gasteiger partial charge on any atom is 0.339 e. The van der Waals surface area contributed by atoms with E-state index in [9.17, 15) is 14.9 Å². The number of hydrogen-bond acceptors (Lipinski definition) is 4. The molecular weight excluding hydrogens is 250 g/mol. The summed E-state index contributed by atoms with van der Waals surface area (Å²) in [6, 6.07) is 3.58. The molecule has 0 unspecified atom stereocenters. The summed E-state index contributed by atoms with van der Waals surface area (Å²) in [4.78, 5) is 21.0. The zero-order valence-electron chi connectivity index (χ0n) is 11.0. The van der Waals surface area contributed by atoms with Crippen LogP contribution in [0.1, 0.15) is 37.0 Å². The van der Waals surface area contributed by atoms with Gasteiger partial charge < -0.3 is 9.84 Å². The lowest BCUT2D eigenvalue weighted by Gasteiger charge is -2.09. The van der Waals surface area contributed by atoms with Crippen molar-refractivity contribution in [3.63, 3.8) is 0 Å². The van der Waals surface area contributed by atoms with Gasteiger partial charge in [0, 0.05) is 12.1 Å². The number of carboxylic acids is 1. The Bertz CT molecular complexity index is 470. The summed E-state index contributed by atoms with van der Waals surface area (Å²) in [6.07, 6.45) is 1.79. The molecule has 0 aromatic heterocycles. The van der Waals surface area contributed by atoms with Crippen LogP contribution in [0.4, 0.5) is 5.69 Å². The molecule has 104 valence electrons. The molecule has 1 N–H and O–H groups in total. The molecule has 0 atom stereocenters.